The molecule has 1 atom stereocenters. The smallest absolute Gasteiger partial charge is 0.162 e. The van der Waals surface area contributed by atoms with E-state index in [0.717, 1.165) is 0 Å². The van der Waals surface area contributed by atoms with Gasteiger partial charge in [0.25, 0.3) is 0 Å². The maximum atomic E-state index is 10.1. The summed E-state index contributed by atoms with van der Waals surface area (Å²) in [7, 11) is 0. The van der Waals surface area contributed by atoms with Crippen molar-refractivity contribution in [3.05, 3.63) is 11.5 Å². The van der Waals surface area contributed by atoms with E-state index < -0.39 is 11.1 Å². The molecule has 12 heavy (non-hydrogen) atoms. The third kappa shape index (κ3) is 3.82. The summed E-state index contributed by atoms with van der Waals surface area (Å²) in [5.41, 5.74) is 0. The molecule has 2 N–H and O–H groups in total. The third-order valence-corrected chi connectivity index (χ3v) is 1.77. The van der Waals surface area contributed by atoms with Crippen LogP contribution in [0.4, 0.5) is 0 Å². The number of hydrogen-bond acceptors (Lipinski definition) is 4. The molecule has 0 aliphatic rings. The third-order valence-electron chi connectivity index (χ3n) is 0.728. The minimum Gasteiger partial charge on any atom is -0.767 e. The Balaban J connectivity index is 0.000000354. The Bertz CT molecular complexity index is 253. The van der Waals surface area contributed by atoms with Crippen LogP contribution in [0.15, 0.2) is 11.4 Å². The standard InChI is InChI=1S/C3H3ClN2O2S.C2H6O/c4-2-3(9(7)8)6-1-5-2;1-2-3/h1H,(H,5,6)(H,7,8);3H,2H2,1H3/p-1. The van der Waals surface area contributed by atoms with Crippen molar-refractivity contribution in [2.24, 2.45) is 0 Å². The molecule has 1 aromatic rings. The van der Waals surface area contributed by atoms with Crippen LogP contribution < -0.4 is 0 Å². The molecule has 0 bridgehead atoms. The van der Waals surface area contributed by atoms with Crippen molar-refractivity contribution in [1.82, 2.24) is 9.97 Å². The second kappa shape index (κ2) is 6.13. The van der Waals surface area contributed by atoms with Crippen molar-refractivity contribution >= 4 is 22.7 Å². The number of imidazole rings is 1. The van der Waals surface area contributed by atoms with Gasteiger partial charge in [0.1, 0.15) is 5.03 Å². The van der Waals surface area contributed by atoms with E-state index in [2.05, 4.69) is 9.97 Å². The Kier molecular flexibility index (Phi) is 5.91. The van der Waals surface area contributed by atoms with Gasteiger partial charge in [0.05, 0.1) is 6.33 Å². The molecular formula is C5H8ClN2O3S-. The number of nitrogens with zero attached hydrogens (tertiary/aromatic N) is 1. The Morgan fingerprint density at radius 2 is 2.42 bits per heavy atom. The van der Waals surface area contributed by atoms with Crippen LogP contribution in [0.3, 0.4) is 0 Å². The van der Waals surface area contributed by atoms with E-state index >= 15 is 0 Å². The maximum Gasteiger partial charge on any atom is 0.162 e. The number of aliphatic hydroxyl groups is 1. The lowest BCUT2D eigenvalue weighted by Crippen LogP contribution is -1.88. The van der Waals surface area contributed by atoms with Crippen molar-refractivity contribution in [2.45, 2.75) is 11.9 Å². The molecule has 0 aliphatic carbocycles. The molecular weight excluding hydrogens is 204 g/mol. The molecule has 0 saturated carbocycles. The Labute approximate surface area is 77.1 Å². The van der Waals surface area contributed by atoms with E-state index in [1.54, 1.807) is 6.92 Å². The SMILES string of the molecule is CCO.O=S([O-])c1[nH]cnc1Cl. The molecule has 0 radical (unpaired) electrons. The highest BCUT2D eigenvalue weighted by Crippen LogP contribution is 2.11. The van der Waals surface area contributed by atoms with Crippen LogP contribution in [0, 0.1) is 0 Å². The number of aromatic amines is 1. The molecule has 1 aromatic heterocycles. The zero-order valence-electron chi connectivity index (χ0n) is 6.28. The summed E-state index contributed by atoms with van der Waals surface area (Å²) < 4.78 is 20.3. The summed E-state index contributed by atoms with van der Waals surface area (Å²) in [5, 5.41) is 7.47. The second-order valence-electron chi connectivity index (χ2n) is 1.57. The Morgan fingerprint density at radius 1 is 1.92 bits per heavy atom. The van der Waals surface area contributed by atoms with Gasteiger partial charge in [0.15, 0.2) is 5.15 Å². The highest BCUT2D eigenvalue weighted by molar-refractivity contribution is 7.79. The van der Waals surface area contributed by atoms with Gasteiger partial charge in [-0.25, -0.2) is 4.98 Å². The molecule has 1 unspecified atom stereocenters. The van der Waals surface area contributed by atoms with E-state index in [0.29, 0.717) is 0 Å². The molecule has 70 valence electrons. The van der Waals surface area contributed by atoms with Gasteiger partial charge >= 0.3 is 0 Å². The van der Waals surface area contributed by atoms with Crippen molar-refractivity contribution < 1.29 is 13.9 Å². The molecule has 0 spiro atoms. The van der Waals surface area contributed by atoms with Gasteiger partial charge in [0, 0.05) is 6.61 Å². The fourth-order valence-corrected chi connectivity index (χ4v) is 1.01. The highest BCUT2D eigenvalue weighted by atomic mass is 35.5. The summed E-state index contributed by atoms with van der Waals surface area (Å²) in [6, 6.07) is 0. The average molecular weight is 212 g/mol. The predicted molar refractivity (Wildman–Crippen MR) is 43.5 cm³/mol. The second-order valence-corrected chi connectivity index (χ2v) is 2.81. The number of aliphatic hydroxyl groups excluding tert-OH is 1. The van der Waals surface area contributed by atoms with Gasteiger partial charge in [-0.2, -0.15) is 0 Å². The number of hydrogen-bond donors (Lipinski definition) is 2. The fraction of sp³-hybridized carbons (Fsp3) is 0.400. The lowest BCUT2D eigenvalue weighted by molar-refractivity contribution is 0.318. The Morgan fingerprint density at radius 3 is 2.58 bits per heavy atom. The molecule has 0 aromatic carbocycles. The quantitative estimate of drug-likeness (QED) is 0.654. The van der Waals surface area contributed by atoms with E-state index in [1.807, 2.05) is 0 Å². The predicted octanol–water partition coefficient (Wildman–Crippen LogP) is 0.300. The van der Waals surface area contributed by atoms with Crippen molar-refractivity contribution in [1.29, 1.82) is 0 Å². The van der Waals surface area contributed by atoms with E-state index in [9.17, 15) is 8.76 Å². The Hall–Kier alpha value is -0.430. The van der Waals surface area contributed by atoms with E-state index in [-0.39, 0.29) is 16.8 Å². The van der Waals surface area contributed by atoms with Crippen LogP contribution in [-0.2, 0) is 11.1 Å². The zero-order chi connectivity index (χ0) is 9.56. The van der Waals surface area contributed by atoms with Crippen LogP contribution in [0.25, 0.3) is 0 Å². The molecule has 1 rings (SSSR count). The first-order chi connectivity index (χ1) is 5.63. The first-order valence-electron chi connectivity index (χ1n) is 3.02. The van der Waals surface area contributed by atoms with Crippen LogP contribution >= 0.6 is 11.6 Å². The van der Waals surface area contributed by atoms with Crippen molar-refractivity contribution in [3.8, 4) is 0 Å². The van der Waals surface area contributed by atoms with Crippen molar-refractivity contribution in [3.63, 3.8) is 0 Å². The van der Waals surface area contributed by atoms with Gasteiger partial charge in [-0.05, 0) is 18.0 Å². The summed E-state index contributed by atoms with van der Waals surface area (Å²) in [5.74, 6) is 0. The number of rotatable bonds is 1. The molecule has 0 saturated heterocycles. The summed E-state index contributed by atoms with van der Waals surface area (Å²) in [4.78, 5) is 5.80. The number of H-pyrrole nitrogens is 1. The van der Waals surface area contributed by atoms with Crippen LogP contribution in [0.1, 0.15) is 6.92 Å². The van der Waals surface area contributed by atoms with Crippen LogP contribution in [0.2, 0.25) is 5.15 Å². The van der Waals surface area contributed by atoms with Gasteiger partial charge in [-0.1, -0.05) is 11.6 Å². The van der Waals surface area contributed by atoms with Gasteiger partial charge in [-0.3, -0.25) is 4.21 Å². The minimum atomic E-state index is -2.31. The first-order valence-corrected chi connectivity index (χ1v) is 4.47. The monoisotopic (exact) mass is 211 g/mol. The topological polar surface area (TPSA) is 89.0 Å². The zero-order valence-corrected chi connectivity index (χ0v) is 7.85. The van der Waals surface area contributed by atoms with Gasteiger partial charge in [0.2, 0.25) is 0 Å². The molecule has 7 heteroatoms. The lowest BCUT2D eigenvalue weighted by Gasteiger charge is -1.98. The number of nitrogens with one attached hydrogen (secondary N) is 1. The highest BCUT2D eigenvalue weighted by Gasteiger charge is 1.99. The maximum absolute atomic E-state index is 10.1. The van der Waals surface area contributed by atoms with E-state index in [4.69, 9.17) is 16.7 Å². The number of halogens is 1. The van der Waals surface area contributed by atoms with Crippen LogP contribution in [-0.4, -0.2) is 30.4 Å². The largest absolute Gasteiger partial charge is 0.767 e. The molecule has 0 aliphatic heterocycles. The molecule has 0 fully saturated rings. The van der Waals surface area contributed by atoms with Gasteiger partial charge < -0.3 is 14.6 Å². The summed E-state index contributed by atoms with van der Waals surface area (Å²) in [6.07, 6.45) is 1.22. The number of aromatic nitrogens is 2. The van der Waals surface area contributed by atoms with Crippen LogP contribution in [0.5, 0.6) is 0 Å². The van der Waals surface area contributed by atoms with Crippen molar-refractivity contribution in [2.75, 3.05) is 6.61 Å². The summed E-state index contributed by atoms with van der Waals surface area (Å²) in [6.45, 7) is 1.93. The van der Waals surface area contributed by atoms with E-state index in [1.165, 1.54) is 6.33 Å². The average Bonchev–Trinajstić information content (AvgIpc) is 2.36. The first kappa shape index (κ1) is 11.6. The summed E-state index contributed by atoms with van der Waals surface area (Å²) >= 11 is 2.99. The fourth-order valence-electron chi connectivity index (χ4n) is 0.383. The molecule has 5 nitrogen and oxygen atoms in total. The minimum absolute atomic E-state index is 0.0247. The lowest BCUT2D eigenvalue weighted by atomic mass is 10.9. The molecule has 1 heterocycles. The van der Waals surface area contributed by atoms with Gasteiger partial charge in [-0.15, -0.1) is 0 Å². The normalized spacial score (nSPS) is 11.7. The molecule has 0 amide bonds.